The van der Waals surface area contributed by atoms with Crippen LogP contribution in [0.25, 0.3) is 0 Å². The fraction of sp³-hybridized carbons (Fsp3) is 0.417. The van der Waals surface area contributed by atoms with E-state index in [0.717, 1.165) is 43.5 Å². The highest BCUT2D eigenvalue weighted by atomic mass is 16.5. The third-order valence-corrected chi connectivity index (χ3v) is 5.59. The third-order valence-electron chi connectivity index (χ3n) is 5.59. The normalized spacial score (nSPS) is 16.3. The number of carbonyl (C=O) groups excluding carboxylic acids is 2. The summed E-state index contributed by atoms with van der Waals surface area (Å²) in [5.74, 6) is 0.696. The van der Waals surface area contributed by atoms with E-state index in [4.69, 9.17) is 4.74 Å². The highest BCUT2D eigenvalue weighted by molar-refractivity contribution is 5.99. The highest BCUT2D eigenvalue weighted by Gasteiger charge is 2.26. The van der Waals surface area contributed by atoms with E-state index in [1.54, 1.807) is 31.4 Å². The number of nitrogens with one attached hydrogen (secondary N) is 1. The Morgan fingerprint density at radius 2 is 1.86 bits per heavy atom. The van der Waals surface area contributed by atoms with Crippen molar-refractivity contribution in [3.05, 3.63) is 65.2 Å². The summed E-state index contributed by atoms with van der Waals surface area (Å²) >= 11 is 0. The van der Waals surface area contributed by atoms with Crippen LogP contribution in [-0.4, -0.2) is 43.0 Å². The first-order valence-corrected chi connectivity index (χ1v) is 10.4. The van der Waals surface area contributed by atoms with E-state index in [2.05, 4.69) is 12.2 Å². The number of piperidine rings is 1. The van der Waals surface area contributed by atoms with Crippen molar-refractivity contribution in [3.8, 4) is 5.75 Å². The first kappa shape index (κ1) is 20.9. The van der Waals surface area contributed by atoms with Crippen LogP contribution in [0, 0.1) is 0 Å². The number of carbonyl (C=O) groups is 2. The minimum atomic E-state index is -0.154. The summed E-state index contributed by atoms with van der Waals surface area (Å²) in [5.41, 5.74) is 2.24. The fourth-order valence-corrected chi connectivity index (χ4v) is 3.87. The number of hydrogen-bond donors (Lipinski definition) is 1. The molecule has 3 rings (SSSR count). The van der Waals surface area contributed by atoms with Gasteiger partial charge in [0.15, 0.2) is 0 Å². The average molecular weight is 395 g/mol. The first-order valence-electron chi connectivity index (χ1n) is 10.4. The molecule has 0 aromatic heterocycles. The van der Waals surface area contributed by atoms with Gasteiger partial charge in [-0.3, -0.25) is 9.59 Å². The molecule has 1 atom stereocenters. The van der Waals surface area contributed by atoms with Crippen LogP contribution in [0.2, 0.25) is 0 Å². The monoisotopic (exact) mass is 394 g/mol. The van der Waals surface area contributed by atoms with Gasteiger partial charge in [-0.05, 0) is 68.0 Å². The van der Waals surface area contributed by atoms with E-state index in [0.29, 0.717) is 23.7 Å². The number of methoxy groups -OCH3 is 1. The SMILES string of the molecule is CCC1CCCCN1C(=O)c1cccc(C(=O)NCCc2ccc(OC)cc2)c1. The number of rotatable bonds is 7. The van der Waals surface area contributed by atoms with E-state index in [9.17, 15) is 9.59 Å². The first-order chi connectivity index (χ1) is 14.1. The lowest BCUT2D eigenvalue weighted by atomic mass is 9.98. The summed E-state index contributed by atoms with van der Waals surface area (Å²) in [6.45, 7) is 3.46. The lowest BCUT2D eigenvalue weighted by Crippen LogP contribution is -2.43. The van der Waals surface area contributed by atoms with Gasteiger partial charge in [-0.15, -0.1) is 0 Å². The molecule has 1 heterocycles. The number of benzene rings is 2. The Kier molecular flexibility index (Phi) is 7.28. The van der Waals surface area contributed by atoms with Crippen molar-refractivity contribution in [2.75, 3.05) is 20.2 Å². The van der Waals surface area contributed by atoms with Gasteiger partial charge in [-0.25, -0.2) is 0 Å². The summed E-state index contributed by atoms with van der Waals surface area (Å²) in [6, 6.07) is 15.2. The molecule has 1 unspecified atom stereocenters. The molecule has 0 bridgehead atoms. The summed E-state index contributed by atoms with van der Waals surface area (Å²) < 4.78 is 5.16. The van der Waals surface area contributed by atoms with Crippen molar-refractivity contribution in [1.82, 2.24) is 10.2 Å². The molecule has 2 aromatic rings. The van der Waals surface area contributed by atoms with Crippen molar-refractivity contribution in [2.24, 2.45) is 0 Å². The number of nitrogens with zero attached hydrogens (tertiary/aromatic N) is 1. The topological polar surface area (TPSA) is 58.6 Å². The number of hydrogen-bond acceptors (Lipinski definition) is 3. The number of amides is 2. The maximum atomic E-state index is 13.0. The Bertz CT molecular complexity index is 832. The average Bonchev–Trinajstić information content (AvgIpc) is 2.79. The van der Waals surface area contributed by atoms with E-state index < -0.39 is 0 Å². The smallest absolute Gasteiger partial charge is 0.254 e. The van der Waals surface area contributed by atoms with Crippen LogP contribution in [0.3, 0.4) is 0 Å². The Morgan fingerprint density at radius 1 is 1.10 bits per heavy atom. The van der Waals surface area contributed by atoms with Gasteiger partial charge < -0.3 is 15.0 Å². The van der Waals surface area contributed by atoms with Crippen LogP contribution in [-0.2, 0) is 6.42 Å². The predicted octanol–water partition coefficient (Wildman–Crippen LogP) is 4.07. The number of ether oxygens (including phenoxy) is 1. The van der Waals surface area contributed by atoms with Crippen LogP contribution < -0.4 is 10.1 Å². The van der Waals surface area contributed by atoms with E-state index >= 15 is 0 Å². The molecule has 1 fully saturated rings. The molecular formula is C24H30N2O3. The minimum absolute atomic E-state index is 0.0319. The molecule has 5 nitrogen and oxygen atoms in total. The molecule has 2 aromatic carbocycles. The maximum absolute atomic E-state index is 13.0. The molecule has 0 radical (unpaired) electrons. The van der Waals surface area contributed by atoms with Crippen molar-refractivity contribution < 1.29 is 14.3 Å². The standard InChI is InChI=1S/C24H30N2O3/c1-3-21-9-4-5-16-26(21)24(28)20-8-6-7-19(17-20)23(27)25-15-14-18-10-12-22(29-2)13-11-18/h6-8,10-13,17,21H,3-5,9,14-16H2,1-2H3,(H,25,27). The van der Waals surface area contributed by atoms with Gasteiger partial charge in [0.05, 0.1) is 7.11 Å². The zero-order valence-electron chi connectivity index (χ0n) is 17.3. The Morgan fingerprint density at radius 3 is 2.59 bits per heavy atom. The molecule has 1 aliphatic heterocycles. The molecule has 154 valence electrons. The Labute approximate surface area is 173 Å². The van der Waals surface area contributed by atoms with E-state index in [-0.39, 0.29) is 11.8 Å². The van der Waals surface area contributed by atoms with Gasteiger partial charge in [0, 0.05) is 30.3 Å². The third kappa shape index (κ3) is 5.37. The number of likely N-dealkylation sites (tertiary alicyclic amines) is 1. The Hall–Kier alpha value is -2.82. The fourth-order valence-electron chi connectivity index (χ4n) is 3.87. The van der Waals surface area contributed by atoms with Crippen molar-refractivity contribution >= 4 is 11.8 Å². The summed E-state index contributed by atoms with van der Waals surface area (Å²) in [4.78, 5) is 27.5. The van der Waals surface area contributed by atoms with Crippen LogP contribution >= 0.6 is 0 Å². The van der Waals surface area contributed by atoms with E-state index in [1.807, 2.05) is 29.2 Å². The summed E-state index contributed by atoms with van der Waals surface area (Å²) in [7, 11) is 1.64. The molecule has 0 spiro atoms. The lowest BCUT2D eigenvalue weighted by Gasteiger charge is -2.35. The van der Waals surface area contributed by atoms with Gasteiger partial charge in [-0.1, -0.05) is 25.1 Å². The predicted molar refractivity (Wildman–Crippen MR) is 114 cm³/mol. The van der Waals surface area contributed by atoms with Crippen molar-refractivity contribution in [1.29, 1.82) is 0 Å². The van der Waals surface area contributed by atoms with Crippen LogP contribution in [0.15, 0.2) is 48.5 Å². The maximum Gasteiger partial charge on any atom is 0.254 e. The van der Waals surface area contributed by atoms with Crippen molar-refractivity contribution in [2.45, 2.75) is 45.1 Å². The minimum Gasteiger partial charge on any atom is -0.497 e. The molecule has 1 N–H and O–H groups in total. The van der Waals surface area contributed by atoms with Gasteiger partial charge >= 0.3 is 0 Å². The molecule has 5 heteroatoms. The van der Waals surface area contributed by atoms with E-state index in [1.165, 1.54) is 6.42 Å². The van der Waals surface area contributed by atoms with Gasteiger partial charge in [0.25, 0.3) is 11.8 Å². The summed E-state index contributed by atoms with van der Waals surface area (Å²) in [6.07, 6.45) is 5.00. The largest absolute Gasteiger partial charge is 0.497 e. The van der Waals surface area contributed by atoms with Crippen molar-refractivity contribution in [3.63, 3.8) is 0 Å². The van der Waals surface area contributed by atoms with Crippen LogP contribution in [0.4, 0.5) is 0 Å². The second kappa shape index (κ2) is 10.1. The molecule has 2 amide bonds. The molecule has 0 aliphatic carbocycles. The molecule has 29 heavy (non-hydrogen) atoms. The molecule has 0 saturated carbocycles. The second-order valence-electron chi connectivity index (χ2n) is 7.49. The highest BCUT2D eigenvalue weighted by Crippen LogP contribution is 2.22. The molecular weight excluding hydrogens is 364 g/mol. The molecule has 1 saturated heterocycles. The van der Waals surface area contributed by atoms with Crippen LogP contribution in [0.1, 0.15) is 58.9 Å². The lowest BCUT2D eigenvalue weighted by molar-refractivity contribution is 0.0608. The molecule has 1 aliphatic rings. The summed E-state index contributed by atoms with van der Waals surface area (Å²) in [5, 5.41) is 2.95. The zero-order valence-corrected chi connectivity index (χ0v) is 17.3. The van der Waals surface area contributed by atoms with Crippen LogP contribution in [0.5, 0.6) is 5.75 Å². The second-order valence-corrected chi connectivity index (χ2v) is 7.49. The Balaban J connectivity index is 1.59. The van der Waals surface area contributed by atoms with Gasteiger partial charge in [0.2, 0.25) is 0 Å². The van der Waals surface area contributed by atoms with Gasteiger partial charge in [0.1, 0.15) is 5.75 Å². The quantitative estimate of drug-likeness (QED) is 0.770. The zero-order chi connectivity index (χ0) is 20.6. The van der Waals surface area contributed by atoms with Gasteiger partial charge in [-0.2, -0.15) is 0 Å².